The van der Waals surface area contributed by atoms with E-state index in [2.05, 4.69) is 20.3 Å². The van der Waals surface area contributed by atoms with Crippen LogP contribution in [-0.4, -0.2) is 26.2 Å². The Balaban J connectivity index is 1.95. The molecule has 2 aromatic carbocycles. The van der Waals surface area contributed by atoms with Crippen LogP contribution in [0, 0.1) is 0 Å². The van der Waals surface area contributed by atoms with E-state index in [1.165, 1.54) is 0 Å². The van der Waals surface area contributed by atoms with Crippen molar-refractivity contribution in [3.05, 3.63) is 63.1 Å². The lowest BCUT2D eigenvalue weighted by molar-refractivity contribution is 0.502. The molecule has 1 aliphatic rings. The van der Waals surface area contributed by atoms with Gasteiger partial charge in [-0.15, -0.1) is 4.40 Å². The quantitative estimate of drug-likeness (QED) is 0.774. The molecule has 0 N–H and O–H groups in total. The number of benzene rings is 2. The van der Waals surface area contributed by atoms with Gasteiger partial charge in [0.25, 0.3) is 10.0 Å². The molecule has 114 valence electrons. The average Bonchev–Trinajstić information content (AvgIpc) is 2.74. The van der Waals surface area contributed by atoms with E-state index < -0.39 is 10.0 Å². The molecule has 4 nitrogen and oxygen atoms in total. The summed E-state index contributed by atoms with van der Waals surface area (Å²) in [6.45, 7) is 0.467. The highest BCUT2D eigenvalue weighted by atomic mass is 79.9. The van der Waals surface area contributed by atoms with Crippen molar-refractivity contribution in [2.45, 2.75) is 11.4 Å². The van der Waals surface area contributed by atoms with Gasteiger partial charge in [-0.3, -0.25) is 0 Å². The van der Waals surface area contributed by atoms with Crippen LogP contribution in [0.3, 0.4) is 0 Å². The highest BCUT2D eigenvalue weighted by Crippen LogP contribution is 2.28. The molecule has 7 heteroatoms. The second kappa shape index (κ2) is 5.68. The maximum atomic E-state index is 12.1. The number of sulfonamides is 1. The molecule has 0 saturated carbocycles. The van der Waals surface area contributed by atoms with Gasteiger partial charge >= 0.3 is 0 Å². The van der Waals surface area contributed by atoms with Gasteiger partial charge in [0.05, 0.1) is 0 Å². The summed E-state index contributed by atoms with van der Waals surface area (Å²) in [4.78, 5) is 2.04. The van der Waals surface area contributed by atoms with Crippen LogP contribution in [0.25, 0.3) is 0 Å². The summed E-state index contributed by atoms with van der Waals surface area (Å²) >= 11 is 9.59. The standard InChI is InChI=1S/C15H12BrClN2O2S/c1-19(9-10-6-7-11(16)8-13(10)17)15-12-4-2-3-5-14(12)22(20,21)18-15/h2-8H,9H2,1H3. The van der Waals surface area contributed by atoms with Crippen molar-refractivity contribution in [3.8, 4) is 0 Å². The molecule has 0 amide bonds. The van der Waals surface area contributed by atoms with Gasteiger partial charge in [0.2, 0.25) is 0 Å². The van der Waals surface area contributed by atoms with E-state index >= 15 is 0 Å². The van der Waals surface area contributed by atoms with Crippen molar-refractivity contribution in [2.75, 3.05) is 7.05 Å². The number of fused-ring (bicyclic) bond motifs is 1. The van der Waals surface area contributed by atoms with Gasteiger partial charge in [-0.25, -0.2) is 0 Å². The van der Waals surface area contributed by atoms with Crippen LogP contribution in [0.5, 0.6) is 0 Å². The first-order valence-electron chi connectivity index (χ1n) is 6.48. The average molecular weight is 400 g/mol. The fourth-order valence-electron chi connectivity index (χ4n) is 2.34. The summed E-state index contributed by atoms with van der Waals surface area (Å²) in [7, 11) is -1.80. The number of halogens is 2. The third-order valence-electron chi connectivity index (χ3n) is 3.40. The molecule has 0 atom stereocenters. The van der Waals surface area contributed by atoms with E-state index in [0.29, 0.717) is 23.0 Å². The molecule has 3 rings (SSSR count). The Morgan fingerprint density at radius 2 is 1.95 bits per heavy atom. The molecule has 0 saturated heterocycles. The Morgan fingerprint density at radius 3 is 2.68 bits per heavy atom. The van der Waals surface area contributed by atoms with Crippen molar-refractivity contribution < 1.29 is 8.42 Å². The number of hydrogen-bond acceptors (Lipinski definition) is 3. The van der Waals surface area contributed by atoms with Crippen molar-refractivity contribution in [1.82, 2.24) is 4.90 Å². The summed E-state index contributed by atoms with van der Waals surface area (Å²) in [6.07, 6.45) is 0. The topological polar surface area (TPSA) is 49.7 Å². The van der Waals surface area contributed by atoms with Gasteiger partial charge in [0.15, 0.2) is 5.84 Å². The highest BCUT2D eigenvalue weighted by Gasteiger charge is 2.30. The lowest BCUT2D eigenvalue weighted by Gasteiger charge is -2.19. The smallest absolute Gasteiger partial charge is 0.285 e. The molecule has 0 spiro atoms. The summed E-state index contributed by atoms with van der Waals surface area (Å²) in [5.74, 6) is 0.439. The van der Waals surface area contributed by atoms with Crippen LogP contribution in [0.4, 0.5) is 0 Å². The molecular weight excluding hydrogens is 388 g/mol. The fourth-order valence-corrected chi connectivity index (χ4v) is 4.33. The second-order valence-corrected chi connectivity index (χ2v) is 7.87. The van der Waals surface area contributed by atoms with Crippen molar-refractivity contribution in [3.63, 3.8) is 0 Å². The highest BCUT2D eigenvalue weighted by molar-refractivity contribution is 9.10. The molecule has 0 aromatic heterocycles. The predicted molar refractivity (Wildman–Crippen MR) is 90.8 cm³/mol. The Hall–Kier alpha value is -1.37. The van der Waals surface area contributed by atoms with Crippen LogP contribution in [0.2, 0.25) is 5.02 Å². The second-order valence-electron chi connectivity index (χ2n) is 4.98. The van der Waals surface area contributed by atoms with Crippen LogP contribution >= 0.6 is 27.5 Å². The number of nitrogens with zero attached hydrogens (tertiary/aromatic N) is 2. The minimum absolute atomic E-state index is 0.249. The molecule has 0 unspecified atom stereocenters. The van der Waals surface area contributed by atoms with E-state index in [1.807, 2.05) is 18.2 Å². The molecule has 1 heterocycles. The molecule has 0 bridgehead atoms. The van der Waals surface area contributed by atoms with Crippen LogP contribution in [0.15, 0.2) is 56.2 Å². The zero-order chi connectivity index (χ0) is 15.9. The lowest BCUT2D eigenvalue weighted by Crippen LogP contribution is -2.26. The van der Waals surface area contributed by atoms with Gasteiger partial charge in [-0.1, -0.05) is 45.7 Å². The molecule has 0 fully saturated rings. The number of amidine groups is 1. The molecule has 2 aromatic rings. The van der Waals surface area contributed by atoms with Gasteiger partial charge in [0, 0.05) is 28.7 Å². The van der Waals surface area contributed by atoms with Crippen molar-refractivity contribution in [1.29, 1.82) is 0 Å². The van der Waals surface area contributed by atoms with E-state index in [9.17, 15) is 8.42 Å². The normalized spacial score (nSPS) is 15.3. The molecule has 1 aliphatic heterocycles. The maximum absolute atomic E-state index is 12.1. The third kappa shape index (κ3) is 2.78. The molecule has 0 radical (unpaired) electrons. The van der Waals surface area contributed by atoms with Crippen LogP contribution in [0.1, 0.15) is 11.1 Å². The van der Waals surface area contributed by atoms with Crippen molar-refractivity contribution in [2.24, 2.45) is 4.40 Å². The predicted octanol–water partition coefficient (Wildman–Crippen LogP) is 3.68. The minimum atomic E-state index is -3.60. The van der Waals surface area contributed by atoms with E-state index in [1.54, 1.807) is 36.2 Å². The minimum Gasteiger partial charge on any atom is -0.354 e. The SMILES string of the molecule is CN(Cc1ccc(Br)cc1Cl)C1=NS(=O)(=O)c2ccccc21. The zero-order valence-electron chi connectivity index (χ0n) is 11.6. The van der Waals surface area contributed by atoms with Gasteiger partial charge in [0.1, 0.15) is 4.90 Å². The van der Waals surface area contributed by atoms with E-state index in [4.69, 9.17) is 11.6 Å². The van der Waals surface area contributed by atoms with E-state index in [-0.39, 0.29) is 4.90 Å². The Morgan fingerprint density at radius 1 is 1.23 bits per heavy atom. The molecule has 0 aliphatic carbocycles. The Labute approximate surface area is 142 Å². The van der Waals surface area contributed by atoms with Crippen LogP contribution in [-0.2, 0) is 16.6 Å². The molecule has 22 heavy (non-hydrogen) atoms. The lowest BCUT2D eigenvalue weighted by atomic mass is 10.1. The Kier molecular flexibility index (Phi) is 4.01. The first-order chi connectivity index (χ1) is 10.4. The summed E-state index contributed by atoms with van der Waals surface area (Å²) < 4.78 is 29.0. The maximum Gasteiger partial charge on any atom is 0.285 e. The van der Waals surface area contributed by atoms with E-state index in [0.717, 1.165) is 10.0 Å². The van der Waals surface area contributed by atoms with Gasteiger partial charge in [-0.05, 0) is 29.8 Å². The van der Waals surface area contributed by atoms with Crippen LogP contribution < -0.4 is 0 Å². The Bertz CT molecular complexity index is 881. The summed E-state index contributed by atoms with van der Waals surface area (Å²) in [5, 5.41) is 0.621. The summed E-state index contributed by atoms with van der Waals surface area (Å²) in [6, 6.07) is 12.4. The van der Waals surface area contributed by atoms with Gasteiger partial charge < -0.3 is 4.90 Å². The zero-order valence-corrected chi connectivity index (χ0v) is 14.8. The largest absolute Gasteiger partial charge is 0.354 e. The first-order valence-corrected chi connectivity index (χ1v) is 9.09. The fraction of sp³-hybridized carbons (Fsp3) is 0.133. The summed E-state index contributed by atoms with van der Waals surface area (Å²) in [5.41, 5.74) is 1.52. The monoisotopic (exact) mass is 398 g/mol. The molecular formula is C15H12BrClN2O2S. The number of hydrogen-bond donors (Lipinski definition) is 0. The number of rotatable bonds is 2. The van der Waals surface area contributed by atoms with Crippen molar-refractivity contribution >= 4 is 43.4 Å². The third-order valence-corrected chi connectivity index (χ3v) is 5.57. The van der Waals surface area contributed by atoms with Gasteiger partial charge in [-0.2, -0.15) is 8.42 Å². The first kappa shape index (κ1) is 15.5.